The van der Waals surface area contributed by atoms with Crippen molar-refractivity contribution in [1.82, 2.24) is 15.0 Å². The molecule has 0 aliphatic carbocycles. The minimum absolute atomic E-state index is 0.115. The van der Waals surface area contributed by atoms with Gasteiger partial charge in [-0.1, -0.05) is 61.7 Å². The summed E-state index contributed by atoms with van der Waals surface area (Å²) < 4.78 is 36.5. The molecule has 0 amide bonds. The van der Waals surface area contributed by atoms with Gasteiger partial charge in [0.15, 0.2) is 11.6 Å². The van der Waals surface area contributed by atoms with Crippen LogP contribution >= 0.6 is 0 Å². The first-order valence-corrected chi connectivity index (χ1v) is 15.4. The van der Waals surface area contributed by atoms with Gasteiger partial charge in [0, 0.05) is 51.5 Å². The number of aromatic nitrogens is 3. The number of hydrogen-bond donors (Lipinski definition) is 5. The molecule has 0 saturated heterocycles. The number of halogens is 2. The van der Waals surface area contributed by atoms with Crippen molar-refractivity contribution in [2.24, 2.45) is 16.3 Å². The Balaban J connectivity index is 1.46. The van der Waals surface area contributed by atoms with Crippen molar-refractivity contribution in [3.05, 3.63) is 101 Å². The number of nitrogens with two attached hydrogens (primary N) is 1. The highest BCUT2D eigenvalue weighted by Gasteiger charge is 2.32. The summed E-state index contributed by atoms with van der Waals surface area (Å²) in [5.74, 6) is -2.11. The molecular weight excluding hydrogens is 604 g/mol. The first-order chi connectivity index (χ1) is 22.3. The number of rotatable bonds is 13. The minimum atomic E-state index is -1.14. The fourth-order valence-electron chi connectivity index (χ4n) is 6.00. The number of carbonyl (C=O) groups is 1. The van der Waals surface area contributed by atoms with Crippen LogP contribution in [0.5, 0.6) is 11.5 Å². The van der Waals surface area contributed by atoms with Crippen molar-refractivity contribution in [3.8, 4) is 22.9 Å². The number of carboxylic acids is 1. The van der Waals surface area contributed by atoms with Crippen LogP contribution < -0.4 is 10.5 Å². The first-order valence-electron chi connectivity index (χ1n) is 15.4. The summed E-state index contributed by atoms with van der Waals surface area (Å²) in [5, 5.41) is 22.4. The summed E-state index contributed by atoms with van der Waals surface area (Å²) >= 11 is 0. The number of hydrogen-bond acceptors (Lipinski definition) is 5. The molecule has 246 valence electrons. The molecule has 6 N–H and O–H groups in total. The number of aromatic amines is 2. The third-order valence-corrected chi connectivity index (χ3v) is 8.96. The van der Waals surface area contributed by atoms with E-state index in [0.29, 0.717) is 10.9 Å². The Labute approximate surface area is 271 Å². The molecule has 3 aromatic carbocycles. The molecule has 0 fully saturated rings. The van der Waals surface area contributed by atoms with Gasteiger partial charge in [0.2, 0.25) is 0 Å². The zero-order valence-corrected chi connectivity index (χ0v) is 26.8. The Morgan fingerprint density at radius 2 is 1.81 bits per heavy atom. The van der Waals surface area contributed by atoms with E-state index in [9.17, 15) is 9.90 Å². The highest BCUT2D eigenvalue weighted by molar-refractivity contribution is 5.89. The third kappa shape index (κ3) is 6.98. The number of unbranched alkanes of at least 4 members (excludes halogenated alkanes) is 1. The van der Waals surface area contributed by atoms with Crippen molar-refractivity contribution in [1.29, 1.82) is 0 Å². The summed E-state index contributed by atoms with van der Waals surface area (Å²) in [6.45, 7) is 8.03. The van der Waals surface area contributed by atoms with Gasteiger partial charge in [-0.2, -0.15) is 0 Å². The van der Waals surface area contributed by atoms with Crippen LogP contribution in [0, 0.1) is 24.0 Å². The van der Waals surface area contributed by atoms with Crippen molar-refractivity contribution in [2.45, 2.75) is 65.2 Å². The molecule has 9 nitrogen and oxygen atoms in total. The van der Waals surface area contributed by atoms with Gasteiger partial charge < -0.3 is 30.8 Å². The second-order valence-corrected chi connectivity index (χ2v) is 12.8. The van der Waals surface area contributed by atoms with Gasteiger partial charge >= 0.3 is 5.97 Å². The number of aliphatic carboxylic acids is 1. The van der Waals surface area contributed by atoms with Gasteiger partial charge in [-0.3, -0.25) is 4.79 Å². The van der Waals surface area contributed by atoms with Crippen LogP contribution in [0.1, 0.15) is 68.8 Å². The van der Waals surface area contributed by atoms with Crippen molar-refractivity contribution in [2.75, 3.05) is 0 Å². The molecule has 5 aromatic rings. The molecular formula is C36H39F2N5O4. The van der Waals surface area contributed by atoms with Gasteiger partial charge in [0.1, 0.15) is 23.2 Å². The quantitative estimate of drug-likeness (QED) is 0.0287. The van der Waals surface area contributed by atoms with Crippen molar-refractivity contribution >= 4 is 22.7 Å². The molecule has 47 heavy (non-hydrogen) atoms. The largest absolute Gasteiger partial charge is 0.481 e. The number of nitrogens with one attached hydrogen (secondary N) is 2. The van der Waals surface area contributed by atoms with Gasteiger partial charge in [-0.05, 0) is 56.5 Å². The van der Waals surface area contributed by atoms with E-state index in [-0.39, 0.29) is 34.3 Å². The van der Waals surface area contributed by atoms with Crippen LogP contribution in [0.3, 0.4) is 0 Å². The highest BCUT2D eigenvalue weighted by atomic mass is 19.1. The summed E-state index contributed by atoms with van der Waals surface area (Å²) in [4.78, 5) is 22.4. The lowest BCUT2D eigenvalue weighted by atomic mass is 9.74. The Morgan fingerprint density at radius 3 is 2.53 bits per heavy atom. The number of H-pyrrole nitrogens is 2. The van der Waals surface area contributed by atoms with E-state index in [0.717, 1.165) is 42.5 Å². The van der Waals surface area contributed by atoms with Crippen LogP contribution in [0.15, 0.2) is 72.1 Å². The predicted octanol–water partition coefficient (Wildman–Crippen LogP) is 8.20. The van der Waals surface area contributed by atoms with Gasteiger partial charge in [0.25, 0.3) is 0 Å². The number of aryl methyl sites for hydroxylation is 1. The summed E-state index contributed by atoms with van der Waals surface area (Å²) in [6, 6.07) is 15.1. The Hall–Kier alpha value is -5.19. The average Bonchev–Trinajstić information content (AvgIpc) is 3.72. The monoisotopic (exact) mass is 643 g/mol. The molecule has 1 unspecified atom stereocenters. The number of fused-ring (bicyclic) bond motifs is 1. The second-order valence-electron chi connectivity index (χ2n) is 12.8. The van der Waals surface area contributed by atoms with Crippen LogP contribution in [-0.4, -0.2) is 37.1 Å². The molecule has 0 aliphatic rings. The second kappa shape index (κ2) is 13.3. The molecule has 2 aromatic heterocycles. The highest BCUT2D eigenvalue weighted by Crippen LogP contribution is 2.40. The van der Waals surface area contributed by atoms with Gasteiger partial charge in [-0.25, -0.2) is 13.8 Å². The van der Waals surface area contributed by atoms with Crippen molar-refractivity contribution in [3.63, 3.8) is 0 Å². The maximum absolute atomic E-state index is 15.3. The van der Waals surface area contributed by atoms with Crippen LogP contribution in [0.4, 0.5) is 8.78 Å². The van der Waals surface area contributed by atoms with Gasteiger partial charge in [0.05, 0.1) is 12.0 Å². The molecule has 1 atom stereocenters. The lowest BCUT2D eigenvalue weighted by molar-refractivity contribution is -0.136. The third-order valence-electron chi connectivity index (χ3n) is 8.96. The zero-order valence-electron chi connectivity index (χ0n) is 26.8. The molecule has 0 bridgehead atoms. The number of amidine groups is 1. The normalized spacial score (nSPS) is 13.5. The fourth-order valence-corrected chi connectivity index (χ4v) is 6.00. The first kappa shape index (κ1) is 33.2. The predicted molar refractivity (Wildman–Crippen MR) is 177 cm³/mol. The molecule has 0 radical (unpaired) electrons. The SMILES string of the molecule is Cc1cccc(C(C)(CCCCC(C)(C)/C(N)=N/O)c2cnc(-c3cc(Oc4c(F)cc5[nH]ccc5c4CC(=O)O)ccc3F)[nH]2)c1. The Bertz CT molecular complexity index is 1950. The van der Waals surface area contributed by atoms with E-state index in [1.807, 2.05) is 32.9 Å². The standard InChI is InChI=1S/C36H39F2N5O4/c1-21-8-7-9-22(16-21)36(4,14-6-5-13-35(2,3)34(39)43-46)30-20-41-33(42-30)26-17-23(10-11-27(26)37)47-32-25(18-31(44)45)24-12-15-40-29(24)19-28(32)38/h7-12,15-17,19-20,40,46H,5-6,13-14,18H2,1-4H3,(H2,39,43)(H,41,42)(H,44,45). The molecule has 0 saturated carbocycles. The zero-order chi connectivity index (χ0) is 33.9. The average molecular weight is 644 g/mol. The number of nitrogens with zero attached hydrogens (tertiary/aromatic N) is 2. The van der Waals surface area contributed by atoms with E-state index in [1.165, 1.54) is 24.3 Å². The summed E-state index contributed by atoms with van der Waals surface area (Å²) in [6.07, 6.45) is 5.96. The smallest absolute Gasteiger partial charge is 0.307 e. The van der Waals surface area contributed by atoms with E-state index in [1.54, 1.807) is 18.5 Å². The molecule has 2 heterocycles. The maximum Gasteiger partial charge on any atom is 0.307 e. The van der Waals surface area contributed by atoms with Gasteiger partial charge in [-0.15, -0.1) is 0 Å². The molecule has 0 spiro atoms. The Kier molecular flexibility index (Phi) is 9.37. The lowest BCUT2D eigenvalue weighted by Crippen LogP contribution is -2.32. The summed E-state index contributed by atoms with van der Waals surface area (Å²) in [7, 11) is 0. The maximum atomic E-state index is 15.3. The number of imidazole rings is 1. The molecule has 5 rings (SSSR count). The fraction of sp³-hybridized carbons (Fsp3) is 0.306. The van der Waals surface area contributed by atoms with Crippen LogP contribution in [0.2, 0.25) is 0 Å². The number of benzene rings is 3. The number of ether oxygens (including phenoxy) is 1. The lowest BCUT2D eigenvalue weighted by Gasteiger charge is -2.30. The van der Waals surface area contributed by atoms with E-state index in [4.69, 9.17) is 15.7 Å². The molecule has 0 aliphatic heterocycles. The molecule has 11 heteroatoms. The van der Waals surface area contributed by atoms with Crippen LogP contribution in [-0.2, 0) is 16.6 Å². The number of oxime groups is 1. The Morgan fingerprint density at radius 1 is 1.04 bits per heavy atom. The minimum Gasteiger partial charge on any atom is -0.481 e. The van der Waals surface area contributed by atoms with E-state index in [2.05, 4.69) is 39.2 Å². The summed E-state index contributed by atoms with van der Waals surface area (Å²) in [5.41, 5.74) is 8.62. The van der Waals surface area contributed by atoms with Crippen LogP contribution in [0.25, 0.3) is 22.3 Å². The topological polar surface area (TPSA) is 150 Å². The van der Waals surface area contributed by atoms with Crippen molar-refractivity contribution < 1.29 is 28.6 Å². The number of carboxylic acid groups (broad SMARTS) is 1. The van der Waals surface area contributed by atoms with E-state index < -0.39 is 34.9 Å². The van der Waals surface area contributed by atoms with E-state index >= 15 is 8.78 Å².